The van der Waals surface area contributed by atoms with Crippen molar-refractivity contribution in [2.45, 2.75) is 17.6 Å². The maximum Gasteiger partial charge on any atom is 0.490 e. The summed E-state index contributed by atoms with van der Waals surface area (Å²) in [6.45, 7) is 0.720. The fourth-order valence-corrected chi connectivity index (χ4v) is 3.96. The van der Waals surface area contributed by atoms with Crippen molar-refractivity contribution in [2.75, 3.05) is 14.1 Å². The number of aliphatic carboxylic acids is 1. The number of aromatic nitrogens is 1. The maximum absolute atomic E-state index is 13.0. The number of benzene rings is 2. The number of hydrogen-bond donors (Lipinski definition) is 1. The summed E-state index contributed by atoms with van der Waals surface area (Å²) in [5.74, 6) is -3.22. The quantitative estimate of drug-likeness (QED) is 0.618. The summed E-state index contributed by atoms with van der Waals surface area (Å²) in [6, 6.07) is 12.3. The van der Waals surface area contributed by atoms with Crippen LogP contribution in [0.25, 0.3) is 10.9 Å². The minimum atomic E-state index is -5.08. The molecule has 162 valence electrons. The van der Waals surface area contributed by atoms with E-state index in [4.69, 9.17) is 9.90 Å². The van der Waals surface area contributed by atoms with Crippen molar-refractivity contribution in [2.24, 2.45) is 0 Å². The predicted molar refractivity (Wildman–Crippen MR) is 102 cm³/mol. The highest BCUT2D eigenvalue weighted by molar-refractivity contribution is 7.90. The Morgan fingerprint density at radius 1 is 1.07 bits per heavy atom. The van der Waals surface area contributed by atoms with Gasteiger partial charge in [-0.2, -0.15) is 13.2 Å². The lowest BCUT2D eigenvalue weighted by Gasteiger charge is -2.12. The fourth-order valence-electron chi connectivity index (χ4n) is 2.61. The van der Waals surface area contributed by atoms with Crippen LogP contribution in [0.4, 0.5) is 17.6 Å². The standard InChI is InChI=1S/C17H17FN2O2S.C2HF3O2/c1-19(2)12-13-4-3-5-17-16(13)10-11-20(17)23(21,22)15-8-6-14(18)7-9-15;3-2(4,5)1(6)7/h3-11H,12H2,1-2H3;(H,6,7). The van der Waals surface area contributed by atoms with Gasteiger partial charge in [0.05, 0.1) is 10.4 Å². The van der Waals surface area contributed by atoms with Crippen molar-refractivity contribution in [3.05, 3.63) is 66.1 Å². The third-order valence-electron chi connectivity index (χ3n) is 3.89. The second-order valence-corrected chi connectivity index (χ2v) is 8.28. The van der Waals surface area contributed by atoms with Crippen molar-refractivity contribution in [1.82, 2.24) is 8.87 Å². The molecule has 3 aromatic rings. The van der Waals surface area contributed by atoms with E-state index in [2.05, 4.69) is 0 Å². The van der Waals surface area contributed by atoms with Crippen LogP contribution in [0.3, 0.4) is 0 Å². The number of carbonyl (C=O) groups is 1. The zero-order valence-electron chi connectivity index (χ0n) is 15.9. The van der Waals surface area contributed by atoms with Gasteiger partial charge in [-0.3, -0.25) is 0 Å². The van der Waals surface area contributed by atoms with Gasteiger partial charge in [0.15, 0.2) is 0 Å². The minimum absolute atomic E-state index is 0.0643. The van der Waals surface area contributed by atoms with Gasteiger partial charge in [0.1, 0.15) is 5.82 Å². The van der Waals surface area contributed by atoms with E-state index in [1.807, 2.05) is 31.1 Å². The molecule has 11 heteroatoms. The largest absolute Gasteiger partial charge is 0.490 e. The molecule has 0 aliphatic carbocycles. The first-order valence-electron chi connectivity index (χ1n) is 8.39. The summed E-state index contributed by atoms with van der Waals surface area (Å²) in [7, 11) is 0.179. The van der Waals surface area contributed by atoms with Gasteiger partial charge in [0, 0.05) is 18.1 Å². The van der Waals surface area contributed by atoms with Gasteiger partial charge in [-0.1, -0.05) is 12.1 Å². The van der Waals surface area contributed by atoms with Crippen LogP contribution in [0.5, 0.6) is 0 Å². The zero-order chi connectivity index (χ0) is 22.7. The maximum atomic E-state index is 13.0. The lowest BCUT2D eigenvalue weighted by molar-refractivity contribution is -0.192. The minimum Gasteiger partial charge on any atom is -0.475 e. The third-order valence-corrected chi connectivity index (χ3v) is 5.59. The normalized spacial score (nSPS) is 12.0. The Hall–Kier alpha value is -2.92. The van der Waals surface area contributed by atoms with E-state index in [1.54, 1.807) is 18.3 Å². The Morgan fingerprint density at radius 3 is 2.13 bits per heavy atom. The molecule has 1 N–H and O–H groups in total. The molecule has 0 saturated carbocycles. The zero-order valence-corrected chi connectivity index (χ0v) is 16.7. The van der Waals surface area contributed by atoms with Crippen LogP contribution in [0.2, 0.25) is 0 Å². The topological polar surface area (TPSA) is 79.6 Å². The molecule has 0 spiro atoms. The highest BCUT2D eigenvalue weighted by Crippen LogP contribution is 2.25. The average molecular weight is 446 g/mol. The number of nitrogens with zero attached hydrogens (tertiary/aromatic N) is 2. The molecule has 0 aliphatic heterocycles. The van der Waals surface area contributed by atoms with E-state index < -0.39 is 28.0 Å². The van der Waals surface area contributed by atoms with E-state index in [0.717, 1.165) is 29.6 Å². The van der Waals surface area contributed by atoms with Crippen molar-refractivity contribution in [1.29, 1.82) is 0 Å². The van der Waals surface area contributed by atoms with E-state index in [0.29, 0.717) is 5.52 Å². The van der Waals surface area contributed by atoms with Crippen molar-refractivity contribution in [3.63, 3.8) is 0 Å². The van der Waals surface area contributed by atoms with Crippen LogP contribution >= 0.6 is 0 Å². The molecule has 0 fully saturated rings. The molecule has 30 heavy (non-hydrogen) atoms. The van der Waals surface area contributed by atoms with Gasteiger partial charge in [-0.15, -0.1) is 0 Å². The van der Waals surface area contributed by atoms with Crippen molar-refractivity contribution >= 4 is 26.9 Å². The third kappa shape index (κ3) is 5.36. The van der Waals surface area contributed by atoms with Gasteiger partial charge in [-0.05, 0) is 56.1 Å². The van der Waals surface area contributed by atoms with E-state index >= 15 is 0 Å². The number of fused-ring (bicyclic) bond motifs is 1. The number of halogens is 4. The fraction of sp³-hybridized carbons (Fsp3) is 0.211. The Morgan fingerprint density at radius 2 is 1.63 bits per heavy atom. The number of alkyl halides is 3. The second kappa shape index (κ2) is 8.84. The van der Waals surface area contributed by atoms with Crippen molar-refractivity contribution in [3.8, 4) is 0 Å². The second-order valence-electron chi connectivity index (χ2n) is 6.46. The summed E-state index contributed by atoms with van der Waals surface area (Å²) in [6.07, 6.45) is -3.54. The molecule has 0 radical (unpaired) electrons. The molecule has 0 aliphatic rings. The summed E-state index contributed by atoms with van der Waals surface area (Å²) in [4.78, 5) is 11.0. The Bertz CT molecular complexity index is 1140. The summed E-state index contributed by atoms with van der Waals surface area (Å²) >= 11 is 0. The first-order chi connectivity index (χ1) is 13.8. The highest BCUT2D eigenvalue weighted by atomic mass is 32.2. The number of rotatable bonds is 4. The van der Waals surface area contributed by atoms with Gasteiger partial charge in [0.25, 0.3) is 10.0 Å². The predicted octanol–water partition coefficient (Wildman–Crippen LogP) is 3.71. The summed E-state index contributed by atoms with van der Waals surface area (Å²) in [5.41, 5.74) is 1.68. The van der Waals surface area contributed by atoms with Crippen LogP contribution in [-0.4, -0.2) is 48.6 Å². The summed E-state index contributed by atoms with van der Waals surface area (Å²) < 4.78 is 71.6. The lowest BCUT2D eigenvalue weighted by atomic mass is 10.1. The summed E-state index contributed by atoms with van der Waals surface area (Å²) in [5, 5.41) is 8.02. The molecule has 0 unspecified atom stereocenters. The van der Waals surface area contributed by atoms with Crippen LogP contribution in [0.15, 0.2) is 59.6 Å². The molecule has 0 saturated heterocycles. The Balaban J connectivity index is 0.000000396. The average Bonchev–Trinajstić information content (AvgIpc) is 3.07. The molecular weight excluding hydrogens is 428 g/mol. The van der Waals surface area contributed by atoms with Gasteiger partial charge in [0.2, 0.25) is 0 Å². The number of carboxylic acids is 1. The molecule has 2 aromatic carbocycles. The Labute approximate surface area is 170 Å². The SMILES string of the molecule is CN(C)Cc1cccc2c1ccn2S(=O)(=O)c1ccc(F)cc1.O=C(O)C(F)(F)F. The molecule has 6 nitrogen and oxygen atoms in total. The van der Waals surface area contributed by atoms with Gasteiger partial charge >= 0.3 is 12.1 Å². The van der Waals surface area contributed by atoms with Crippen LogP contribution < -0.4 is 0 Å². The highest BCUT2D eigenvalue weighted by Gasteiger charge is 2.38. The molecule has 3 rings (SSSR count). The lowest BCUT2D eigenvalue weighted by Crippen LogP contribution is -2.21. The number of carboxylic acid groups (broad SMARTS) is 1. The first-order valence-corrected chi connectivity index (χ1v) is 9.83. The molecule has 1 heterocycles. The van der Waals surface area contributed by atoms with Gasteiger partial charge in [-0.25, -0.2) is 21.6 Å². The molecular formula is C19H18F4N2O4S. The monoisotopic (exact) mass is 446 g/mol. The molecule has 1 aromatic heterocycles. The van der Waals surface area contributed by atoms with E-state index in [-0.39, 0.29) is 4.90 Å². The first kappa shape index (κ1) is 23.4. The molecule has 0 atom stereocenters. The van der Waals surface area contributed by atoms with Gasteiger partial charge < -0.3 is 10.0 Å². The molecule has 0 amide bonds. The number of hydrogen-bond acceptors (Lipinski definition) is 4. The smallest absolute Gasteiger partial charge is 0.475 e. The van der Waals surface area contributed by atoms with Crippen LogP contribution in [-0.2, 0) is 21.4 Å². The van der Waals surface area contributed by atoms with Crippen LogP contribution in [0, 0.1) is 5.82 Å². The van der Waals surface area contributed by atoms with E-state index in [1.165, 1.54) is 16.1 Å². The van der Waals surface area contributed by atoms with E-state index in [9.17, 15) is 26.0 Å². The molecule has 0 bridgehead atoms. The Kier molecular flexibility index (Phi) is 6.88. The van der Waals surface area contributed by atoms with Crippen molar-refractivity contribution < 1.29 is 35.9 Å². The van der Waals surface area contributed by atoms with Crippen LogP contribution in [0.1, 0.15) is 5.56 Å².